The molecule has 2 aromatic rings. The Labute approximate surface area is 186 Å². The maximum Gasteiger partial charge on any atom is 0.244 e. The summed E-state index contributed by atoms with van der Waals surface area (Å²) in [6, 6.07) is 16.0. The van der Waals surface area contributed by atoms with E-state index < -0.39 is 0 Å². The number of piperazine rings is 1. The molecule has 1 atom stereocenters. The standard InChI is InChI=1S/C25H35N3O3/c1-5-27(6-2)24(21-10-8-7-9-11-21)25(29)28-16-14-26(15-17-28)19-20-12-13-22(30-3)23(18-20)31-4/h7-13,18,24H,5-6,14-17,19H2,1-4H3. The number of carbonyl (C=O) groups is 1. The Hall–Kier alpha value is -2.57. The van der Waals surface area contributed by atoms with E-state index in [1.807, 2.05) is 35.2 Å². The fraction of sp³-hybridized carbons (Fsp3) is 0.480. The third kappa shape index (κ3) is 5.57. The van der Waals surface area contributed by atoms with Crippen molar-refractivity contribution in [3.63, 3.8) is 0 Å². The van der Waals surface area contributed by atoms with Crippen molar-refractivity contribution in [1.82, 2.24) is 14.7 Å². The molecule has 1 heterocycles. The largest absolute Gasteiger partial charge is 0.493 e. The highest BCUT2D eigenvalue weighted by atomic mass is 16.5. The van der Waals surface area contributed by atoms with Gasteiger partial charge in [-0.15, -0.1) is 0 Å². The Kier molecular flexibility index (Phi) is 8.32. The number of rotatable bonds is 9. The van der Waals surface area contributed by atoms with E-state index in [2.05, 4.69) is 41.8 Å². The number of hydrogen-bond donors (Lipinski definition) is 0. The van der Waals surface area contributed by atoms with Gasteiger partial charge in [-0.3, -0.25) is 14.6 Å². The number of benzene rings is 2. The molecule has 1 amide bonds. The molecule has 0 radical (unpaired) electrons. The topological polar surface area (TPSA) is 45.3 Å². The van der Waals surface area contributed by atoms with Gasteiger partial charge in [0.15, 0.2) is 11.5 Å². The lowest BCUT2D eigenvalue weighted by Gasteiger charge is -2.39. The van der Waals surface area contributed by atoms with Gasteiger partial charge in [0.1, 0.15) is 6.04 Å². The average Bonchev–Trinajstić information content (AvgIpc) is 2.83. The van der Waals surface area contributed by atoms with E-state index in [0.29, 0.717) is 0 Å². The van der Waals surface area contributed by atoms with Crippen LogP contribution in [0.2, 0.25) is 0 Å². The Bertz CT molecular complexity index is 831. The molecule has 3 rings (SSSR count). The van der Waals surface area contributed by atoms with E-state index in [1.54, 1.807) is 14.2 Å². The molecule has 1 fully saturated rings. The van der Waals surface area contributed by atoms with Crippen molar-refractivity contribution >= 4 is 5.91 Å². The van der Waals surface area contributed by atoms with Crippen LogP contribution in [-0.4, -0.2) is 74.1 Å². The van der Waals surface area contributed by atoms with Crippen molar-refractivity contribution in [2.45, 2.75) is 26.4 Å². The lowest BCUT2D eigenvalue weighted by Crippen LogP contribution is -2.51. The maximum absolute atomic E-state index is 13.5. The van der Waals surface area contributed by atoms with Gasteiger partial charge in [0.25, 0.3) is 0 Å². The van der Waals surface area contributed by atoms with Gasteiger partial charge in [-0.1, -0.05) is 50.2 Å². The predicted octanol–water partition coefficient (Wildman–Crippen LogP) is 3.43. The van der Waals surface area contributed by atoms with Gasteiger partial charge in [-0.05, 0) is 36.3 Å². The van der Waals surface area contributed by atoms with E-state index in [0.717, 1.165) is 62.9 Å². The van der Waals surface area contributed by atoms with Crippen LogP contribution in [0.4, 0.5) is 0 Å². The minimum atomic E-state index is -0.214. The summed E-state index contributed by atoms with van der Waals surface area (Å²) >= 11 is 0. The number of methoxy groups -OCH3 is 2. The Morgan fingerprint density at radius 2 is 1.58 bits per heavy atom. The summed E-state index contributed by atoms with van der Waals surface area (Å²) in [6.07, 6.45) is 0. The molecule has 168 valence electrons. The van der Waals surface area contributed by atoms with Crippen LogP contribution in [0.3, 0.4) is 0 Å². The van der Waals surface area contributed by atoms with E-state index in [-0.39, 0.29) is 11.9 Å². The number of hydrogen-bond acceptors (Lipinski definition) is 5. The molecule has 0 bridgehead atoms. The first-order chi connectivity index (χ1) is 15.1. The molecule has 0 spiro atoms. The zero-order valence-corrected chi connectivity index (χ0v) is 19.2. The summed E-state index contributed by atoms with van der Waals surface area (Å²) in [4.78, 5) is 20.2. The zero-order valence-electron chi connectivity index (χ0n) is 19.2. The Balaban J connectivity index is 1.64. The number of likely N-dealkylation sites (N-methyl/N-ethyl adjacent to an activating group) is 1. The third-order valence-electron chi connectivity index (χ3n) is 6.06. The van der Waals surface area contributed by atoms with E-state index in [9.17, 15) is 4.79 Å². The molecule has 6 heteroatoms. The fourth-order valence-corrected chi connectivity index (χ4v) is 4.27. The summed E-state index contributed by atoms with van der Waals surface area (Å²) in [7, 11) is 3.31. The van der Waals surface area contributed by atoms with Gasteiger partial charge >= 0.3 is 0 Å². The van der Waals surface area contributed by atoms with Gasteiger partial charge in [0.05, 0.1) is 14.2 Å². The summed E-state index contributed by atoms with van der Waals surface area (Å²) < 4.78 is 10.8. The van der Waals surface area contributed by atoms with Gasteiger partial charge in [0.2, 0.25) is 5.91 Å². The fourth-order valence-electron chi connectivity index (χ4n) is 4.27. The quantitative estimate of drug-likeness (QED) is 0.616. The first-order valence-electron chi connectivity index (χ1n) is 11.1. The van der Waals surface area contributed by atoms with Crippen molar-refractivity contribution in [2.75, 3.05) is 53.5 Å². The van der Waals surface area contributed by atoms with Crippen molar-refractivity contribution < 1.29 is 14.3 Å². The molecule has 1 aliphatic heterocycles. The summed E-state index contributed by atoms with van der Waals surface area (Å²) in [6.45, 7) is 9.98. The normalized spacial score (nSPS) is 15.7. The van der Waals surface area contributed by atoms with Gasteiger partial charge in [-0.2, -0.15) is 0 Å². The minimum Gasteiger partial charge on any atom is -0.493 e. The summed E-state index contributed by atoms with van der Waals surface area (Å²) in [5.74, 6) is 1.70. The second-order valence-electron chi connectivity index (χ2n) is 7.83. The van der Waals surface area contributed by atoms with Gasteiger partial charge in [-0.25, -0.2) is 0 Å². The molecular weight excluding hydrogens is 390 g/mol. The monoisotopic (exact) mass is 425 g/mol. The molecular formula is C25H35N3O3. The van der Waals surface area contributed by atoms with Crippen molar-refractivity contribution in [3.05, 3.63) is 59.7 Å². The molecule has 6 nitrogen and oxygen atoms in total. The zero-order chi connectivity index (χ0) is 22.2. The van der Waals surface area contributed by atoms with Gasteiger partial charge < -0.3 is 14.4 Å². The Morgan fingerprint density at radius 1 is 0.935 bits per heavy atom. The SMILES string of the molecule is CCN(CC)C(C(=O)N1CCN(Cc2ccc(OC)c(OC)c2)CC1)c1ccccc1. The first-order valence-corrected chi connectivity index (χ1v) is 11.1. The smallest absolute Gasteiger partial charge is 0.244 e. The molecule has 1 unspecified atom stereocenters. The molecule has 0 aliphatic carbocycles. The maximum atomic E-state index is 13.5. The summed E-state index contributed by atoms with van der Waals surface area (Å²) in [5, 5.41) is 0. The molecule has 0 N–H and O–H groups in total. The second kappa shape index (κ2) is 11.2. The number of nitrogens with zero attached hydrogens (tertiary/aromatic N) is 3. The van der Waals surface area contributed by atoms with Crippen LogP contribution in [0.5, 0.6) is 11.5 Å². The van der Waals surface area contributed by atoms with E-state index >= 15 is 0 Å². The van der Waals surface area contributed by atoms with Crippen LogP contribution in [0.1, 0.15) is 31.0 Å². The van der Waals surface area contributed by atoms with Crippen molar-refractivity contribution in [3.8, 4) is 11.5 Å². The highest BCUT2D eigenvalue weighted by Crippen LogP contribution is 2.28. The van der Waals surface area contributed by atoms with Crippen LogP contribution in [0.25, 0.3) is 0 Å². The summed E-state index contributed by atoms with van der Waals surface area (Å²) in [5.41, 5.74) is 2.26. The molecule has 0 aromatic heterocycles. The number of carbonyl (C=O) groups excluding carboxylic acids is 1. The lowest BCUT2D eigenvalue weighted by molar-refractivity contribution is -0.139. The van der Waals surface area contributed by atoms with E-state index in [4.69, 9.17) is 9.47 Å². The molecule has 2 aromatic carbocycles. The minimum absolute atomic E-state index is 0.209. The van der Waals surface area contributed by atoms with Crippen LogP contribution in [-0.2, 0) is 11.3 Å². The van der Waals surface area contributed by atoms with Crippen LogP contribution < -0.4 is 9.47 Å². The third-order valence-corrected chi connectivity index (χ3v) is 6.06. The van der Waals surface area contributed by atoms with E-state index in [1.165, 1.54) is 5.56 Å². The first kappa shape index (κ1) is 23.1. The number of amides is 1. The van der Waals surface area contributed by atoms with Gasteiger partial charge in [0, 0.05) is 32.7 Å². The Morgan fingerprint density at radius 3 is 2.16 bits per heavy atom. The second-order valence-corrected chi connectivity index (χ2v) is 7.83. The van der Waals surface area contributed by atoms with Crippen LogP contribution in [0, 0.1) is 0 Å². The molecule has 31 heavy (non-hydrogen) atoms. The average molecular weight is 426 g/mol. The molecule has 1 aliphatic rings. The highest BCUT2D eigenvalue weighted by Gasteiger charge is 2.31. The van der Waals surface area contributed by atoms with Crippen LogP contribution >= 0.6 is 0 Å². The van der Waals surface area contributed by atoms with Crippen molar-refractivity contribution in [2.24, 2.45) is 0 Å². The highest BCUT2D eigenvalue weighted by molar-refractivity contribution is 5.83. The van der Waals surface area contributed by atoms with Crippen LogP contribution in [0.15, 0.2) is 48.5 Å². The lowest BCUT2D eigenvalue weighted by atomic mass is 10.0. The number of ether oxygens (including phenoxy) is 2. The predicted molar refractivity (Wildman–Crippen MR) is 124 cm³/mol. The molecule has 1 saturated heterocycles. The van der Waals surface area contributed by atoms with Crippen molar-refractivity contribution in [1.29, 1.82) is 0 Å². The molecule has 0 saturated carbocycles.